The minimum atomic E-state index is -0.147. The lowest BCUT2D eigenvalue weighted by Gasteiger charge is -2.73. The summed E-state index contributed by atoms with van der Waals surface area (Å²) in [7, 11) is 0. The standard InChI is InChI=1S/2C30H50O2/c2*1-19(2)20-10-15-30(18-31)17-16-28(6)21(25(20)30)8-9-23-27(5)13-12-24(32)26(3,4)22(27)11-14-29(23,28)7/h2*20-25,31-32H,1,8-18H2,2-7H3/t20-,21+,22-,23+,24?,25+,27-,28+,29+,30+;20-,21+,22-,23+,24-,25+,27-,28+,29+,30+/m00/s1. The van der Waals surface area contributed by atoms with E-state index < -0.39 is 0 Å². The lowest BCUT2D eigenvalue weighted by molar-refractivity contribution is -0.249. The lowest BCUT2D eigenvalue weighted by Crippen LogP contribution is -2.66. The zero-order valence-electron chi connectivity index (χ0n) is 43.7. The number of fused-ring (bicyclic) bond motifs is 14. The normalized spacial score (nSPS) is 56.5. The van der Waals surface area contributed by atoms with Crippen LogP contribution >= 0.6 is 0 Å². The van der Waals surface area contributed by atoms with Crippen molar-refractivity contribution in [3.8, 4) is 0 Å². The van der Waals surface area contributed by atoms with E-state index in [2.05, 4.69) is 96.2 Å². The molecule has 10 fully saturated rings. The third-order valence-electron chi connectivity index (χ3n) is 27.1. The zero-order chi connectivity index (χ0) is 46.6. The number of aliphatic hydroxyl groups excluding tert-OH is 4. The minimum absolute atomic E-state index is 0.0290. The van der Waals surface area contributed by atoms with Crippen molar-refractivity contribution in [2.75, 3.05) is 13.2 Å². The molecule has 0 aliphatic heterocycles. The van der Waals surface area contributed by atoms with Gasteiger partial charge in [0.05, 0.1) is 12.2 Å². The van der Waals surface area contributed by atoms with Crippen molar-refractivity contribution < 1.29 is 20.4 Å². The van der Waals surface area contributed by atoms with Gasteiger partial charge in [0.2, 0.25) is 0 Å². The Morgan fingerprint density at radius 1 is 0.406 bits per heavy atom. The van der Waals surface area contributed by atoms with E-state index in [1.807, 2.05) is 0 Å². The molecule has 0 spiro atoms. The Morgan fingerprint density at radius 2 is 0.766 bits per heavy atom. The zero-order valence-corrected chi connectivity index (χ0v) is 43.7. The van der Waals surface area contributed by atoms with E-state index in [4.69, 9.17) is 0 Å². The second kappa shape index (κ2) is 15.4. The van der Waals surface area contributed by atoms with Crippen molar-refractivity contribution in [1.29, 1.82) is 0 Å². The first-order valence-corrected chi connectivity index (χ1v) is 27.6. The number of aliphatic hydroxyl groups is 4. The molecular weight excluding hydrogens is 785 g/mol. The number of rotatable bonds is 4. The van der Waals surface area contributed by atoms with Crippen LogP contribution in [0, 0.1) is 113 Å². The van der Waals surface area contributed by atoms with Crippen molar-refractivity contribution in [2.45, 2.75) is 224 Å². The van der Waals surface area contributed by atoms with Gasteiger partial charge in [-0.15, -0.1) is 0 Å². The average molecular weight is 885 g/mol. The van der Waals surface area contributed by atoms with Gasteiger partial charge >= 0.3 is 0 Å². The minimum Gasteiger partial charge on any atom is -0.396 e. The summed E-state index contributed by atoms with van der Waals surface area (Å²) < 4.78 is 0. The molecule has 0 aromatic rings. The van der Waals surface area contributed by atoms with Gasteiger partial charge in [-0.25, -0.2) is 0 Å². The molecule has 0 amide bonds. The van der Waals surface area contributed by atoms with E-state index in [1.165, 1.54) is 127 Å². The maximum Gasteiger partial charge on any atom is 0.0594 e. The Kier molecular flexibility index (Phi) is 11.6. The van der Waals surface area contributed by atoms with Crippen LogP contribution in [0.3, 0.4) is 0 Å². The van der Waals surface area contributed by atoms with E-state index in [-0.39, 0.29) is 33.9 Å². The third-order valence-corrected chi connectivity index (χ3v) is 27.1. The van der Waals surface area contributed by atoms with Crippen LogP contribution in [-0.4, -0.2) is 45.8 Å². The second-order valence-corrected chi connectivity index (χ2v) is 29.2. The average Bonchev–Trinajstić information content (AvgIpc) is 3.83. The summed E-state index contributed by atoms with van der Waals surface area (Å²) >= 11 is 0. The summed E-state index contributed by atoms with van der Waals surface area (Å²) in [6.45, 7) is 39.5. The number of allylic oxidation sites excluding steroid dienone is 2. The first-order valence-electron chi connectivity index (χ1n) is 27.6. The fourth-order valence-corrected chi connectivity index (χ4v) is 23.1. The maximum atomic E-state index is 10.9. The van der Waals surface area contributed by atoms with Gasteiger partial charge in [0, 0.05) is 13.2 Å². The van der Waals surface area contributed by atoms with E-state index >= 15 is 0 Å². The van der Waals surface area contributed by atoms with Gasteiger partial charge in [-0.3, -0.25) is 0 Å². The van der Waals surface area contributed by atoms with Crippen molar-refractivity contribution in [2.24, 2.45) is 113 Å². The van der Waals surface area contributed by atoms with Crippen LogP contribution in [-0.2, 0) is 0 Å². The molecule has 10 rings (SSSR count). The lowest BCUT2D eigenvalue weighted by atomic mass is 9.32. The Morgan fingerprint density at radius 3 is 1.09 bits per heavy atom. The molecular formula is C60H100O4. The first-order chi connectivity index (χ1) is 29.7. The van der Waals surface area contributed by atoms with Crippen LogP contribution in [0.25, 0.3) is 0 Å². The molecule has 0 bridgehead atoms. The smallest absolute Gasteiger partial charge is 0.0594 e. The Hall–Kier alpha value is -0.680. The molecule has 0 radical (unpaired) electrons. The van der Waals surface area contributed by atoms with Crippen molar-refractivity contribution in [3.05, 3.63) is 24.3 Å². The molecule has 364 valence electrons. The van der Waals surface area contributed by atoms with Gasteiger partial charge in [-0.1, -0.05) is 93.5 Å². The quantitative estimate of drug-likeness (QED) is 0.212. The molecule has 4 heteroatoms. The van der Waals surface area contributed by atoms with Crippen LogP contribution in [0.5, 0.6) is 0 Å². The molecule has 1 unspecified atom stereocenters. The highest BCUT2D eigenvalue weighted by Crippen LogP contribution is 2.79. The number of hydrogen-bond donors (Lipinski definition) is 4. The first kappa shape index (κ1) is 48.3. The summed E-state index contributed by atoms with van der Waals surface area (Å²) in [5.74, 6) is 6.66. The molecule has 20 atom stereocenters. The second-order valence-electron chi connectivity index (χ2n) is 29.2. The Labute approximate surface area is 393 Å². The summed E-state index contributed by atoms with van der Waals surface area (Å²) in [6.07, 6.45) is 24.4. The van der Waals surface area contributed by atoms with Crippen LogP contribution in [0.2, 0.25) is 0 Å². The number of hydrogen-bond acceptors (Lipinski definition) is 4. The topological polar surface area (TPSA) is 80.9 Å². The monoisotopic (exact) mass is 885 g/mol. The van der Waals surface area contributed by atoms with Crippen molar-refractivity contribution >= 4 is 0 Å². The molecule has 10 aliphatic rings. The van der Waals surface area contributed by atoms with Gasteiger partial charge in [-0.05, 0) is 256 Å². The molecule has 0 aromatic carbocycles. The van der Waals surface area contributed by atoms with E-state index in [1.54, 1.807) is 0 Å². The van der Waals surface area contributed by atoms with Gasteiger partial charge in [0.25, 0.3) is 0 Å². The Bertz CT molecular complexity index is 1700. The molecule has 64 heavy (non-hydrogen) atoms. The van der Waals surface area contributed by atoms with Crippen LogP contribution < -0.4 is 0 Å². The van der Waals surface area contributed by atoms with Crippen molar-refractivity contribution in [3.63, 3.8) is 0 Å². The van der Waals surface area contributed by atoms with Crippen LogP contribution in [0.1, 0.15) is 212 Å². The molecule has 10 aliphatic carbocycles. The fraction of sp³-hybridized carbons (Fsp3) is 0.933. The van der Waals surface area contributed by atoms with Gasteiger partial charge in [-0.2, -0.15) is 0 Å². The highest BCUT2D eigenvalue weighted by molar-refractivity contribution is 5.24. The van der Waals surface area contributed by atoms with E-state index in [0.717, 1.165) is 36.5 Å². The van der Waals surface area contributed by atoms with Crippen LogP contribution in [0.15, 0.2) is 24.3 Å². The summed E-state index contributed by atoms with van der Waals surface area (Å²) in [6, 6.07) is 0. The molecule has 0 aromatic heterocycles. The largest absolute Gasteiger partial charge is 0.396 e. The predicted molar refractivity (Wildman–Crippen MR) is 264 cm³/mol. The summed E-state index contributed by atoms with van der Waals surface area (Å²) in [5.41, 5.74) is 5.20. The highest BCUT2D eigenvalue weighted by Gasteiger charge is 2.73. The van der Waals surface area contributed by atoms with Gasteiger partial charge < -0.3 is 20.4 Å². The Balaban J connectivity index is 0.000000162. The fourth-order valence-electron chi connectivity index (χ4n) is 23.1. The van der Waals surface area contributed by atoms with Gasteiger partial charge in [0.15, 0.2) is 0 Å². The molecule has 10 saturated carbocycles. The van der Waals surface area contributed by atoms with E-state index in [0.29, 0.717) is 81.2 Å². The van der Waals surface area contributed by atoms with Gasteiger partial charge in [0.1, 0.15) is 0 Å². The highest BCUT2D eigenvalue weighted by atomic mass is 16.3. The SMILES string of the molecule is C=C(C)[C@@H]1CC[C@]2(CO)CC[C@]3(C)[C@H](CC[C@@H]4[C@@]5(C)CCC(O)C(C)(C)[C@@H]5CC[C@]43C)[C@@H]12.C=C(C)[C@@H]1CC[C@]2(CO)CC[C@]3(C)[C@H](CC[C@@H]4[C@@]5(C)CC[C@H](O)C(C)(C)[C@@H]5CC[C@]43C)[C@@H]12. The van der Waals surface area contributed by atoms with E-state index in [9.17, 15) is 20.4 Å². The van der Waals surface area contributed by atoms with Crippen LogP contribution in [0.4, 0.5) is 0 Å². The predicted octanol–water partition coefficient (Wildman–Crippen LogP) is 14.0. The summed E-state index contributed by atoms with van der Waals surface area (Å²) in [5, 5.41) is 43.1. The molecule has 0 saturated heterocycles. The third kappa shape index (κ3) is 6.10. The molecule has 4 nitrogen and oxygen atoms in total. The molecule has 0 heterocycles. The summed E-state index contributed by atoms with van der Waals surface area (Å²) in [4.78, 5) is 0. The van der Waals surface area contributed by atoms with Crippen molar-refractivity contribution in [1.82, 2.24) is 0 Å². The molecule has 4 N–H and O–H groups in total. The maximum absolute atomic E-state index is 10.9.